The van der Waals surface area contributed by atoms with Crippen molar-refractivity contribution in [3.8, 4) is 5.75 Å². The Kier molecular flexibility index (Phi) is 4.28. The molecule has 0 saturated carbocycles. The lowest BCUT2D eigenvalue weighted by Gasteiger charge is -2.24. The fraction of sp³-hybridized carbons (Fsp3) is 0.600. The fourth-order valence-corrected chi connectivity index (χ4v) is 1.72. The van der Waals surface area contributed by atoms with E-state index < -0.39 is 5.60 Å². The van der Waals surface area contributed by atoms with Crippen molar-refractivity contribution in [3.05, 3.63) is 23.8 Å². The van der Waals surface area contributed by atoms with Crippen LogP contribution in [0.5, 0.6) is 5.75 Å². The van der Waals surface area contributed by atoms with E-state index in [0.717, 1.165) is 17.0 Å². The van der Waals surface area contributed by atoms with Crippen LogP contribution in [0.2, 0.25) is 0 Å². The molecule has 0 aliphatic rings. The fourth-order valence-electron chi connectivity index (χ4n) is 1.72. The van der Waals surface area contributed by atoms with Gasteiger partial charge in [-0.2, -0.15) is 0 Å². The van der Waals surface area contributed by atoms with Gasteiger partial charge in [-0.25, -0.2) is 0 Å². The number of nitrogens with one attached hydrogen (secondary N) is 1. The molecule has 0 atom stereocenters. The van der Waals surface area contributed by atoms with Gasteiger partial charge in [0.1, 0.15) is 5.75 Å². The van der Waals surface area contributed by atoms with Gasteiger partial charge in [-0.15, -0.1) is 0 Å². The van der Waals surface area contributed by atoms with Crippen LogP contribution in [0.4, 0.5) is 5.69 Å². The van der Waals surface area contributed by atoms with Gasteiger partial charge in [0.05, 0.1) is 12.7 Å². The van der Waals surface area contributed by atoms with Gasteiger partial charge in [0.15, 0.2) is 0 Å². The number of anilines is 1. The van der Waals surface area contributed by atoms with Crippen LogP contribution in [0.1, 0.15) is 40.2 Å². The van der Waals surface area contributed by atoms with Crippen LogP contribution < -0.4 is 10.1 Å². The Bertz CT molecular complexity index is 400. The molecule has 0 unspecified atom stereocenters. The quantitative estimate of drug-likeness (QED) is 0.863. The lowest BCUT2D eigenvalue weighted by atomic mass is 9.86. The molecule has 2 N–H and O–H groups in total. The Labute approximate surface area is 110 Å². The summed E-state index contributed by atoms with van der Waals surface area (Å²) in [5, 5.41) is 13.0. The van der Waals surface area contributed by atoms with Crippen molar-refractivity contribution in [2.24, 2.45) is 0 Å². The zero-order valence-corrected chi connectivity index (χ0v) is 12.3. The maximum atomic E-state index is 9.72. The van der Waals surface area contributed by atoms with Crippen LogP contribution in [-0.2, 0) is 5.41 Å². The minimum atomic E-state index is -0.720. The first-order valence-electron chi connectivity index (χ1n) is 6.28. The summed E-state index contributed by atoms with van der Waals surface area (Å²) in [7, 11) is 1.69. The normalized spacial score (nSPS) is 12.4. The van der Waals surface area contributed by atoms with Crippen molar-refractivity contribution in [3.63, 3.8) is 0 Å². The van der Waals surface area contributed by atoms with Crippen LogP contribution >= 0.6 is 0 Å². The van der Waals surface area contributed by atoms with E-state index in [-0.39, 0.29) is 5.41 Å². The van der Waals surface area contributed by atoms with E-state index in [9.17, 15) is 5.11 Å². The molecule has 3 heteroatoms. The standard InChI is InChI=1S/C15H25NO2/c1-14(2,3)12-9-11(7-8-13(12)18-6)16-10-15(4,5)17/h7-9,16-17H,10H2,1-6H3. The molecule has 0 fully saturated rings. The molecule has 0 heterocycles. The van der Waals surface area contributed by atoms with Crippen molar-refractivity contribution in [2.75, 3.05) is 19.0 Å². The first kappa shape index (κ1) is 14.8. The SMILES string of the molecule is COc1ccc(NCC(C)(C)O)cc1C(C)(C)C. The van der Waals surface area contributed by atoms with Gasteiger partial charge in [0, 0.05) is 17.8 Å². The summed E-state index contributed by atoms with van der Waals surface area (Å²) in [6.45, 7) is 10.6. The summed E-state index contributed by atoms with van der Waals surface area (Å²) >= 11 is 0. The minimum Gasteiger partial charge on any atom is -0.496 e. The monoisotopic (exact) mass is 251 g/mol. The predicted octanol–water partition coefficient (Wildman–Crippen LogP) is 3.18. The average Bonchev–Trinajstić information content (AvgIpc) is 2.24. The van der Waals surface area contributed by atoms with Gasteiger partial charge >= 0.3 is 0 Å². The summed E-state index contributed by atoms with van der Waals surface area (Å²) in [6.07, 6.45) is 0. The lowest BCUT2D eigenvalue weighted by molar-refractivity contribution is 0.0945. The molecule has 0 aromatic heterocycles. The Morgan fingerprint density at radius 2 is 1.78 bits per heavy atom. The molecule has 0 radical (unpaired) electrons. The van der Waals surface area contributed by atoms with E-state index in [1.807, 2.05) is 12.1 Å². The van der Waals surface area contributed by atoms with Crippen molar-refractivity contribution in [1.29, 1.82) is 0 Å². The molecule has 0 aliphatic carbocycles. The van der Waals surface area contributed by atoms with E-state index in [1.54, 1.807) is 21.0 Å². The van der Waals surface area contributed by atoms with Gasteiger partial charge in [-0.05, 0) is 37.5 Å². The number of hydrogen-bond acceptors (Lipinski definition) is 3. The van der Waals surface area contributed by atoms with Gasteiger partial charge in [0.25, 0.3) is 0 Å². The molecule has 0 amide bonds. The van der Waals surface area contributed by atoms with E-state index in [2.05, 4.69) is 32.2 Å². The summed E-state index contributed by atoms with van der Waals surface area (Å²) in [4.78, 5) is 0. The lowest BCUT2D eigenvalue weighted by Crippen LogP contribution is -2.29. The highest BCUT2D eigenvalue weighted by molar-refractivity contribution is 5.53. The van der Waals surface area contributed by atoms with Gasteiger partial charge in [-0.1, -0.05) is 20.8 Å². The first-order chi connectivity index (χ1) is 8.13. The third-order valence-electron chi connectivity index (χ3n) is 2.73. The largest absolute Gasteiger partial charge is 0.496 e. The van der Waals surface area contributed by atoms with Gasteiger partial charge in [0.2, 0.25) is 0 Å². The molecule has 0 saturated heterocycles. The molecule has 0 bridgehead atoms. The molecule has 1 aromatic rings. The zero-order chi connectivity index (χ0) is 14.0. The van der Waals surface area contributed by atoms with Crippen molar-refractivity contribution in [1.82, 2.24) is 0 Å². The summed E-state index contributed by atoms with van der Waals surface area (Å²) in [5.74, 6) is 0.899. The van der Waals surface area contributed by atoms with Crippen molar-refractivity contribution < 1.29 is 9.84 Å². The van der Waals surface area contributed by atoms with E-state index >= 15 is 0 Å². The maximum absolute atomic E-state index is 9.72. The summed E-state index contributed by atoms with van der Waals surface area (Å²) in [5.41, 5.74) is 1.47. The van der Waals surface area contributed by atoms with Crippen LogP contribution in [0.25, 0.3) is 0 Å². The third kappa shape index (κ3) is 4.22. The minimum absolute atomic E-state index is 0.0256. The molecule has 102 valence electrons. The number of rotatable bonds is 4. The Balaban J connectivity index is 2.97. The molecule has 3 nitrogen and oxygen atoms in total. The first-order valence-corrected chi connectivity index (χ1v) is 6.28. The highest BCUT2D eigenvalue weighted by Crippen LogP contribution is 2.33. The Morgan fingerprint density at radius 1 is 1.17 bits per heavy atom. The number of ether oxygens (including phenoxy) is 1. The molecule has 1 rings (SSSR count). The predicted molar refractivity (Wildman–Crippen MR) is 76.5 cm³/mol. The van der Waals surface area contributed by atoms with Crippen molar-refractivity contribution >= 4 is 5.69 Å². The molecule has 0 spiro atoms. The molecule has 0 aliphatic heterocycles. The number of aliphatic hydroxyl groups is 1. The summed E-state index contributed by atoms with van der Waals surface area (Å²) < 4.78 is 5.40. The molecule has 1 aromatic carbocycles. The van der Waals surface area contributed by atoms with Crippen LogP contribution in [0.15, 0.2) is 18.2 Å². The number of hydrogen-bond donors (Lipinski definition) is 2. The van der Waals surface area contributed by atoms with Crippen LogP contribution in [0.3, 0.4) is 0 Å². The van der Waals surface area contributed by atoms with E-state index in [1.165, 1.54) is 0 Å². The third-order valence-corrected chi connectivity index (χ3v) is 2.73. The second kappa shape index (κ2) is 5.19. The average molecular weight is 251 g/mol. The summed E-state index contributed by atoms with van der Waals surface area (Å²) in [6, 6.07) is 6.03. The van der Waals surface area contributed by atoms with Crippen LogP contribution in [0, 0.1) is 0 Å². The van der Waals surface area contributed by atoms with Crippen LogP contribution in [-0.4, -0.2) is 24.4 Å². The number of methoxy groups -OCH3 is 1. The van der Waals surface area contributed by atoms with E-state index in [0.29, 0.717) is 6.54 Å². The second-order valence-electron chi connectivity index (χ2n) is 6.33. The maximum Gasteiger partial charge on any atom is 0.122 e. The van der Waals surface area contributed by atoms with Gasteiger partial charge < -0.3 is 15.2 Å². The molecular formula is C15H25NO2. The topological polar surface area (TPSA) is 41.5 Å². The smallest absolute Gasteiger partial charge is 0.122 e. The Morgan fingerprint density at radius 3 is 2.22 bits per heavy atom. The molecule has 18 heavy (non-hydrogen) atoms. The van der Waals surface area contributed by atoms with Crippen molar-refractivity contribution in [2.45, 2.75) is 45.6 Å². The van der Waals surface area contributed by atoms with Gasteiger partial charge in [-0.3, -0.25) is 0 Å². The Hall–Kier alpha value is -1.22. The highest BCUT2D eigenvalue weighted by atomic mass is 16.5. The highest BCUT2D eigenvalue weighted by Gasteiger charge is 2.19. The van der Waals surface area contributed by atoms with E-state index in [4.69, 9.17) is 4.74 Å². The zero-order valence-electron chi connectivity index (χ0n) is 12.3. The second-order valence-corrected chi connectivity index (χ2v) is 6.33. The number of benzene rings is 1. The molecular weight excluding hydrogens is 226 g/mol.